The third kappa shape index (κ3) is 16.0. The van der Waals surface area contributed by atoms with Crippen molar-refractivity contribution in [1.29, 1.82) is 0 Å². The Kier molecular flexibility index (Phi) is 16.0. The summed E-state index contributed by atoms with van der Waals surface area (Å²) in [6.07, 6.45) is 2.42. The molecule has 0 heterocycles. The van der Waals surface area contributed by atoms with Crippen LogP contribution in [0.4, 0.5) is 0 Å². The molecule has 0 unspecified atom stereocenters. The molecular weight excluding hydrogens is 380 g/mol. The van der Waals surface area contributed by atoms with Gasteiger partial charge in [0.25, 0.3) is 0 Å². The maximum atomic E-state index is 11.6. The van der Waals surface area contributed by atoms with Gasteiger partial charge in [-0.15, -0.1) is 0 Å². The first kappa shape index (κ1) is 24.5. The molecular formula is C14H28N6O4S2. The van der Waals surface area contributed by atoms with Gasteiger partial charge in [0.15, 0.2) is 0 Å². The van der Waals surface area contributed by atoms with Crippen LogP contribution in [0.2, 0.25) is 0 Å². The molecule has 4 amide bonds. The van der Waals surface area contributed by atoms with E-state index in [1.807, 2.05) is 10.9 Å². The van der Waals surface area contributed by atoms with Crippen molar-refractivity contribution in [3.05, 3.63) is 0 Å². The minimum atomic E-state index is -0.253. The molecule has 26 heavy (non-hydrogen) atoms. The SMILES string of the molecule is NNC(=O)CCCNC(=O)CCSSCCC(=O)NCCCC(=O)NN. The number of hydrazine groups is 2. The van der Waals surface area contributed by atoms with Crippen LogP contribution in [-0.2, 0) is 19.2 Å². The predicted octanol–water partition coefficient (Wildman–Crippen LogP) is -1.08. The Bertz CT molecular complexity index is 413. The molecule has 0 aliphatic carbocycles. The third-order valence-electron chi connectivity index (χ3n) is 3.04. The maximum Gasteiger partial charge on any atom is 0.233 e. The topological polar surface area (TPSA) is 168 Å². The lowest BCUT2D eigenvalue weighted by Crippen LogP contribution is -2.31. The Morgan fingerprint density at radius 2 is 1.00 bits per heavy atom. The second-order valence-corrected chi connectivity index (χ2v) is 7.89. The molecule has 0 aliphatic rings. The molecule has 0 saturated heterocycles. The number of hydrogen-bond acceptors (Lipinski definition) is 8. The van der Waals surface area contributed by atoms with Gasteiger partial charge in [-0.3, -0.25) is 30.0 Å². The Morgan fingerprint density at radius 1 is 0.615 bits per heavy atom. The first-order chi connectivity index (χ1) is 12.5. The standard InChI is InChI=1S/C14H28N6O4S2/c15-19-13(23)3-1-7-17-11(21)5-9-25-26-10-6-12(22)18-8-2-4-14(24)20-16/h1-10,15-16H2,(H,17,21)(H,18,22)(H,19,23)(H,20,24). The Hall–Kier alpha value is -1.50. The molecule has 8 N–H and O–H groups in total. The second-order valence-electron chi connectivity index (χ2n) is 5.19. The summed E-state index contributed by atoms with van der Waals surface area (Å²) in [6, 6.07) is 0. The summed E-state index contributed by atoms with van der Waals surface area (Å²) in [5.41, 5.74) is 4.06. The highest BCUT2D eigenvalue weighted by Gasteiger charge is 2.05. The first-order valence-electron chi connectivity index (χ1n) is 8.26. The van der Waals surface area contributed by atoms with E-state index in [2.05, 4.69) is 10.6 Å². The number of carbonyl (C=O) groups is 4. The van der Waals surface area contributed by atoms with Crippen LogP contribution >= 0.6 is 21.6 Å². The molecule has 0 aromatic carbocycles. The Labute approximate surface area is 161 Å². The van der Waals surface area contributed by atoms with Crippen molar-refractivity contribution in [2.75, 3.05) is 24.6 Å². The lowest BCUT2D eigenvalue weighted by molar-refractivity contribution is -0.122. The largest absolute Gasteiger partial charge is 0.356 e. The Morgan fingerprint density at radius 3 is 1.35 bits per heavy atom. The molecule has 150 valence electrons. The van der Waals surface area contributed by atoms with Gasteiger partial charge in [0.1, 0.15) is 0 Å². The van der Waals surface area contributed by atoms with Crippen LogP contribution in [0.15, 0.2) is 0 Å². The molecule has 0 saturated carbocycles. The van der Waals surface area contributed by atoms with Crippen molar-refractivity contribution in [1.82, 2.24) is 21.5 Å². The molecule has 0 spiro atoms. The fourth-order valence-electron chi connectivity index (χ4n) is 1.66. The third-order valence-corrected chi connectivity index (χ3v) is 5.44. The van der Waals surface area contributed by atoms with Crippen LogP contribution in [-0.4, -0.2) is 48.2 Å². The van der Waals surface area contributed by atoms with Crippen LogP contribution in [0.25, 0.3) is 0 Å². The zero-order valence-electron chi connectivity index (χ0n) is 14.7. The normalized spacial score (nSPS) is 10.1. The molecule has 10 nitrogen and oxygen atoms in total. The van der Waals surface area contributed by atoms with Crippen LogP contribution in [0.5, 0.6) is 0 Å². The summed E-state index contributed by atoms with van der Waals surface area (Å²) >= 11 is 0. The highest BCUT2D eigenvalue weighted by Crippen LogP contribution is 2.22. The van der Waals surface area contributed by atoms with E-state index in [1.165, 1.54) is 21.6 Å². The summed E-state index contributed by atoms with van der Waals surface area (Å²) < 4.78 is 0. The minimum Gasteiger partial charge on any atom is -0.356 e. The van der Waals surface area contributed by atoms with E-state index in [-0.39, 0.29) is 36.5 Å². The van der Waals surface area contributed by atoms with E-state index in [1.54, 1.807) is 0 Å². The highest BCUT2D eigenvalue weighted by molar-refractivity contribution is 8.76. The zero-order chi connectivity index (χ0) is 19.6. The lowest BCUT2D eigenvalue weighted by Gasteiger charge is -2.06. The first-order valence-corrected chi connectivity index (χ1v) is 10.7. The number of carbonyl (C=O) groups excluding carboxylic acids is 4. The van der Waals surface area contributed by atoms with Crippen molar-refractivity contribution in [2.24, 2.45) is 11.7 Å². The fourth-order valence-corrected chi connectivity index (χ4v) is 3.64. The van der Waals surface area contributed by atoms with E-state index < -0.39 is 0 Å². The van der Waals surface area contributed by atoms with E-state index in [0.29, 0.717) is 50.3 Å². The summed E-state index contributed by atoms with van der Waals surface area (Å²) in [7, 11) is 3.07. The van der Waals surface area contributed by atoms with Crippen molar-refractivity contribution in [2.45, 2.75) is 38.5 Å². The number of amides is 4. The average molecular weight is 409 g/mol. The quantitative estimate of drug-likeness (QED) is 0.0653. The summed E-state index contributed by atoms with van der Waals surface area (Å²) in [5.74, 6) is 10.6. The Balaban J connectivity index is 3.41. The van der Waals surface area contributed by atoms with E-state index in [0.717, 1.165) is 0 Å². The monoisotopic (exact) mass is 408 g/mol. The molecule has 0 fully saturated rings. The average Bonchev–Trinajstić information content (AvgIpc) is 2.64. The van der Waals surface area contributed by atoms with Crippen LogP contribution < -0.4 is 33.2 Å². The second kappa shape index (κ2) is 16.9. The van der Waals surface area contributed by atoms with Crippen molar-refractivity contribution >= 4 is 45.2 Å². The molecule has 0 atom stereocenters. The van der Waals surface area contributed by atoms with Gasteiger partial charge in [0.2, 0.25) is 23.6 Å². The molecule has 0 aromatic rings. The molecule has 0 bridgehead atoms. The van der Waals surface area contributed by atoms with E-state index >= 15 is 0 Å². The van der Waals surface area contributed by atoms with Gasteiger partial charge < -0.3 is 10.6 Å². The van der Waals surface area contributed by atoms with Gasteiger partial charge in [-0.25, -0.2) is 11.7 Å². The van der Waals surface area contributed by atoms with Crippen molar-refractivity contribution < 1.29 is 19.2 Å². The molecule has 12 heteroatoms. The van der Waals surface area contributed by atoms with Gasteiger partial charge in [-0.05, 0) is 12.8 Å². The summed E-state index contributed by atoms with van der Waals surface area (Å²) in [4.78, 5) is 44.9. The van der Waals surface area contributed by atoms with E-state index in [9.17, 15) is 19.2 Å². The lowest BCUT2D eigenvalue weighted by atomic mass is 10.3. The van der Waals surface area contributed by atoms with Gasteiger partial charge >= 0.3 is 0 Å². The van der Waals surface area contributed by atoms with Gasteiger partial charge in [0.05, 0.1) is 0 Å². The predicted molar refractivity (Wildman–Crippen MR) is 103 cm³/mol. The number of rotatable bonds is 15. The van der Waals surface area contributed by atoms with E-state index in [4.69, 9.17) is 11.7 Å². The fraction of sp³-hybridized carbons (Fsp3) is 0.714. The highest BCUT2D eigenvalue weighted by atomic mass is 33.1. The smallest absolute Gasteiger partial charge is 0.233 e. The number of nitrogens with one attached hydrogen (secondary N) is 4. The van der Waals surface area contributed by atoms with Crippen LogP contribution in [0, 0.1) is 0 Å². The van der Waals surface area contributed by atoms with Crippen LogP contribution in [0.3, 0.4) is 0 Å². The summed E-state index contributed by atoms with van der Waals surface area (Å²) in [6.45, 7) is 0.883. The number of hydrogen-bond donors (Lipinski definition) is 6. The minimum absolute atomic E-state index is 0.0643. The van der Waals surface area contributed by atoms with Crippen LogP contribution in [0.1, 0.15) is 38.5 Å². The zero-order valence-corrected chi connectivity index (χ0v) is 16.3. The molecule has 0 rings (SSSR count). The number of nitrogens with two attached hydrogens (primary N) is 2. The van der Waals surface area contributed by atoms with Gasteiger partial charge in [0, 0.05) is 50.3 Å². The molecule has 0 aromatic heterocycles. The van der Waals surface area contributed by atoms with Gasteiger partial charge in [-0.2, -0.15) is 0 Å². The maximum absolute atomic E-state index is 11.6. The summed E-state index contributed by atoms with van der Waals surface area (Å²) in [5, 5.41) is 5.46. The van der Waals surface area contributed by atoms with Crippen molar-refractivity contribution in [3.63, 3.8) is 0 Å². The molecule has 0 radical (unpaired) electrons. The molecule has 0 aliphatic heterocycles. The van der Waals surface area contributed by atoms with Gasteiger partial charge in [-0.1, -0.05) is 21.6 Å². The van der Waals surface area contributed by atoms with Crippen molar-refractivity contribution in [3.8, 4) is 0 Å².